The van der Waals surface area contributed by atoms with Crippen LogP contribution in [0.15, 0.2) is 40.9 Å². The first-order chi connectivity index (χ1) is 10.8. The van der Waals surface area contributed by atoms with Crippen LogP contribution in [-0.2, 0) is 18.4 Å². The van der Waals surface area contributed by atoms with Crippen molar-refractivity contribution in [3.8, 4) is 11.8 Å². The van der Waals surface area contributed by atoms with Crippen LogP contribution in [-0.4, -0.2) is 0 Å². The van der Waals surface area contributed by atoms with Gasteiger partial charge in [0.1, 0.15) is 12.4 Å². The lowest BCUT2D eigenvalue weighted by Gasteiger charge is -2.25. The van der Waals surface area contributed by atoms with E-state index < -0.39 is 0 Å². The maximum absolute atomic E-state index is 8.86. The smallest absolute Gasteiger partial charge is 0.137 e. The third-order valence-corrected chi connectivity index (χ3v) is 4.37. The summed E-state index contributed by atoms with van der Waals surface area (Å²) in [6.07, 6.45) is 0.998. The van der Waals surface area contributed by atoms with E-state index in [9.17, 15) is 0 Å². The molecule has 0 bridgehead atoms. The molecule has 2 nitrogen and oxygen atoms in total. The Morgan fingerprint density at radius 2 is 1.74 bits per heavy atom. The molecule has 2 rings (SSSR count). The molecule has 0 unspecified atom stereocenters. The van der Waals surface area contributed by atoms with Crippen molar-refractivity contribution >= 4 is 15.9 Å². The highest BCUT2D eigenvalue weighted by atomic mass is 79.9. The predicted octanol–water partition coefficient (Wildman–Crippen LogP) is 5.76. The molecule has 0 atom stereocenters. The van der Waals surface area contributed by atoms with Gasteiger partial charge in [-0.25, -0.2) is 0 Å². The van der Waals surface area contributed by atoms with Crippen molar-refractivity contribution in [2.45, 2.75) is 46.1 Å². The van der Waals surface area contributed by atoms with Crippen LogP contribution >= 0.6 is 15.9 Å². The van der Waals surface area contributed by atoms with Gasteiger partial charge < -0.3 is 4.74 Å². The number of aryl methyl sites for hydroxylation is 1. The number of nitriles is 1. The summed E-state index contributed by atoms with van der Waals surface area (Å²) in [5, 5.41) is 8.86. The van der Waals surface area contributed by atoms with E-state index in [4.69, 9.17) is 10.00 Å². The Hall–Kier alpha value is -1.79. The first-order valence-electron chi connectivity index (χ1n) is 7.80. The zero-order chi connectivity index (χ0) is 17.0. The lowest BCUT2D eigenvalue weighted by Crippen LogP contribution is -2.14. The van der Waals surface area contributed by atoms with Gasteiger partial charge in [0.05, 0.1) is 16.1 Å². The lowest BCUT2D eigenvalue weighted by molar-refractivity contribution is 0.295. The Morgan fingerprint density at radius 1 is 1.09 bits per heavy atom. The summed E-state index contributed by atoms with van der Waals surface area (Å²) in [5.74, 6) is 0.902. The molecule has 0 amide bonds. The molecule has 23 heavy (non-hydrogen) atoms. The largest absolute Gasteiger partial charge is 0.487 e. The first-order valence-corrected chi connectivity index (χ1v) is 8.59. The minimum atomic E-state index is 0.00764. The van der Waals surface area contributed by atoms with Crippen molar-refractivity contribution in [3.05, 3.63) is 63.1 Å². The SMILES string of the molecule is CCc1cc(Br)c(OCc2ccc(C#N)cc2)c(C(C)(C)C)c1. The van der Waals surface area contributed by atoms with Crippen LogP contribution in [0.1, 0.15) is 49.9 Å². The Labute approximate surface area is 147 Å². The van der Waals surface area contributed by atoms with Crippen molar-refractivity contribution in [2.24, 2.45) is 0 Å². The second kappa shape index (κ2) is 7.19. The number of hydrogen-bond donors (Lipinski definition) is 0. The van der Waals surface area contributed by atoms with Crippen LogP contribution in [0.4, 0.5) is 0 Å². The molecule has 0 aliphatic heterocycles. The monoisotopic (exact) mass is 371 g/mol. The third-order valence-electron chi connectivity index (χ3n) is 3.79. The minimum Gasteiger partial charge on any atom is -0.487 e. The van der Waals surface area contributed by atoms with Crippen molar-refractivity contribution in [1.82, 2.24) is 0 Å². The number of halogens is 1. The van der Waals surface area contributed by atoms with Gasteiger partial charge in [0.25, 0.3) is 0 Å². The van der Waals surface area contributed by atoms with E-state index >= 15 is 0 Å². The quantitative estimate of drug-likeness (QED) is 0.684. The highest BCUT2D eigenvalue weighted by Gasteiger charge is 2.22. The van der Waals surface area contributed by atoms with Crippen molar-refractivity contribution in [1.29, 1.82) is 5.26 Å². The van der Waals surface area contributed by atoms with Crippen molar-refractivity contribution in [3.63, 3.8) is 0 Å². The van der Waals surface area contributed by atoms with E-state index in [1.54, 1.807) is 0 Å². The topological polar surface area (TPSA) is 33.0 Å². The van der Waals surface area contributed by atoms with Crippen LogP contribution in [0.2, 0.25) is 0 Å². The molecule has 3 heteroatoms. The summed E-state index contributed by atoms with van der Waals surface area (Å²) in [7, 11) is 0. The van der Waals surface area contributed by atoms with Crippen LogP contribution in [0.5, 0.6) is 5.75 Å². The molecule has 0 aliphatic carbocycles. The summed E-state index contributed by atoms with van der Waals surface area (Å²) < 4.78 is 7.12. The van der Waals surface area contributed by atoms with E-state index in [2.05, 4.69) is 61.8 Å². The Bertz CT molecular complexity index is 721. The van der Waals surface area contributed by atoms with Gasteiger partial charge >= 0.3 is 0 Å². The van der Waals surface area contributed by atoms with Gasteiger partial charge in [-0.15, -0.1) is 0 Å². The predicted molar refractivity (Wildman–Crippen MR) is 97.7 cm³/mol. The fourth-order valence-electron chi connectivity index (χ4n) is 2.39. The van der Waals surface area contributed by atoms with Gasteiger partial charge in [0.2, 0.25) is 0 Å². The summed E-state index contributed by atoms with van der Waals surface area (Å²) in [6.45, 7) is 9.23. The lowest BCUT2D eigenvalue weighted by atomic mass is 9.85. The van der Waals surface area contributed by atoms with Crippen LogP contribution in [0.25, 0.3) is 0 Å². The summed E-state index contributed by atoms with van der Waals surface area (Å²) in [5.41, 5.74) is 4.23. The molecule has 0 fully saturated rings. The first kappa shape index (κ1) is 17.6. The second-order valence-electron chi connectivity index (χ2n) is 6.66. The molecule has 0 aliphatic rings. The van der Waals surface area contributed by atoms with Crippen molar-refractivity contribution in [2.75, 3.05) is 0 Å². The highest BCUT2D eigenvalue weighted by Crippen LogP contribution is 2.38. The maximum atomic E-state index is 8.86. The minimum absolute atomic E-state index is 0.00764. The van der Waals surface area contributed by atoms with Gasteiger partial charge in [0, 0.05) is 5.56 Å². The number of rotatable bonds is 4. The number of hydrogen-bond acceptors (Lipinski definition) is 2. The highest BCUT2D eigenvalue weighted by molar-refractivity contribution is 9.10. The Balaban J connectivity index is 2.29. The second-order valence-corrected chi connectivity index (χ2v) is 7.51. The third kappa shape index (κ3) is 4.36. The van der Waals surface area contributed by atoms with Crippen LogP contribution in [0, 0.1) is 11.3 Å². The van der Waals surface area contributed by atoms with E-state index in [0.29, 0.717) is 12.2 Å². The molecule has 0 radical (unpaired) electrons. The van der Waals surface area contributed by atoms with E-state index in [1.807, 2.05) is 24.3 Å². The molecule has 0 spiro atoms. The molecule has 0 saturated heterocycles. The zero-order valence-electron chi connectivity index (χ0n) is 14.1. The summed E-state index contributed by atoms with van der Waals surface area (Å²) in [6, 6.07) is 14.0. The van der Waals surface area contributed by atoms with E-state index in [0.717, 1.165) is 22.2 Å². The number of benzene rings is 2. The maximum Gasteiger partial charge on any atom is 0.137 e. The molecule has 0 saturated carbocycles. The van der Waals surface area contributed by atoms with Gasteiger partial charge in [-0.2, -0.15) is 5.26 Å². The van der Waals surface area contributed by atoms with Gasteiger partial charge in [0.15, 0.2) is 0 Å². The molecule has 2 aromatic rings. The van der Waals surface area contributed by atoms with Gasteiger partial charge in [-0.1, -0.05) is 45.9 Å². The summed E-state index contributed by atoms with van der Waals surface area (Å²) in [4.78, 5) is 0. The number of ether oxygens (including phenoxy) is 1. The normalized spacial score (nSPS) is 11.1. The standard InChI is InChI=1S/C20H22BrNO/c1-5-14-10-17(20(2,3)4)19(18(21)11-14)23-13-16-8-6-15(12-22)7-9-16/h6-11H,5,13H2,1-4H3. The van der Waals surface area contributed by atoms with Gasteiger partial charge in [-0.05, 0) is 57.1 Å². The van der Waals surface area contributed by atoms with E-state index in [1.165, 1.54) is 11.1 Å². The van der Waals surface area contributed by atoms with Crippen LogP contribution in [0.3, 0.4) is 0 Å². The molecule has 2 aromatic carbocycles. The average Bonchev–Trinajstić information content (AvgIpc) is 2.52. The fraction of sp³-hybridized carbons (Fsp3) is 0.350. The molecule has 0 aromatic heterocycles. The molecule has 0 heterocycles. The molecular weight excluding hydrogens is 350 g/mol. The van der Waals surface area contributed by atoms with Gasteiger partial charge in [-0.3, -0.25) is 0 Å². The van der Waals surface area contributed by atoms with Crippen molar-refractivity contribution < 1.29 is 4.74 Å². The molecular formula is C20H22BrNO. The molecule has 0 N–H and O–H groups in total. The fourth-order valence-corrected chi connectivity index (χ4v) is 3.01. The van der Waals surface area contributed by atoms with Crippen LogP contribution < -0.4 is 4.74 Å². The molecule has 120 valence electrons. The van der Waals surface area contributed by atoms with E-state index in [-0.39, 0.29) is 5.41 Å². The average molecular weight is 372 g/mol. The Kier molecular flexibility index (Phi) is 5.49. The number of nitrogens with zero attached hydrogens (tertiary/aromatic N) is 1. The summed E-state index contributed by atoms with van der Waals surface area (Å²) >= 11 is 3.66. The zero-order valence-corrected chi connectivity index (χ0v) is 15.7. The Morgan fingerprint density at radius 3 is 2.26 bits per heavy atom.